The molecule has 0 N–H and O–H groups in total. The average molecular weight is 821 g/mol. The normalized spacial score (nSPS) is 19.6. The predicted octanol–water partition coefficient (Wildman–Crippen LogP) is 5.93. The van der Waals surface area contributed by atoms with Crippen LogP contribution in [0.1, 0.15) is 47.0 Å². The number of hydrogen-bond acceptors (Lipinski definition) is 14. The van der Waals surface area contributed by atoms with Crippen LogP contribution in [0.5, 0.6) is 0 Å². The molecule has 4 unspecified atom stereocenters. The minimum absolute atomic E-state index is 0. The summed E-state index contributed by atoms with van der Waals surface area (Å²) in [5, 5.41) is 0. The number of epoxide rings is 2. The van der Waals surface area contributed by atoms with Gasteiger partial charge in [0, 0.05) is 45.0 Å². The van der Waals surface area contributed by atoms with Crippen LogP contribution in [0.25, 0.3) is 0 Å². The van der Waals surface area contributed by atoms with Crippen molar-refractivity contribution in [3.05, 3.63) is 49.4 Å². The minimum Gasteiger partial charge on any atom is -0.466 e. The fourth-order valence-corrected chi connectivity index (χ4v) is 3.92. The van der Waals surface area contributed by atoms with Gasteiger partial charge in [-0.3, -0.25) is 0 Å². The van der Waals surface area contributed by atoms with Crippen molar-refractivity contribution in [1.29, 1.82) is 0 Å². The number of carbonyl (C=O) groups excluding carboxylic acids is 4. The second-order valence-corrected chi connectivity index (χ2v) is 11.9. The lowest BCUT2D eigenvalue weighted by Gasteiger charge is -2.39. The van der Waals surface area contributed by atoms with E-state index in [0.29, 0.717) is 29.3 Å². The molecule has 0 aromatic carbocycles. The summed E-state index contributed by atoms with van der Waals surface area (Å²) in [6, 6.07) is 0. The summed E-state index contributed by atoms with van der Waals surface area (Å²) in [5.41, 5.74) is -0.688. The first-order valence-electron chi connectivity index (χ1n) is 16.8. The molecular formula is C38H64F4O14. The van der Waals surface area contributed by atoms with Crippen LogP contribution in [0.4, 0.5) is 17.6 Å². The van der Waals surface area contributed by atoms with Crippen LogP contribution in [0.3, 0.4) is 0 Å². The van der Waals surface area contributed by atoms with Crippen LogP contribution >= 0.6 is 0 Å². The zero-order chi connectivity index (χ0) is 43.2. The lowest BCUT2D eigenvalue weighted by molar-refractivity contribution is -0.148. The van der Waals surface area contributed by atoms with E-state index in [1.807, 2.05) is 0 Å². The molecule has 14 nitrogen and oxygen atoms in total. The quantitative estimate of drug-likeness (QED) is 0.0791. The summed E-state index contributed by atoms with van der Waals surface area (Å²) < 4.78 is 92.2. The molecule has 4 aliphatic rings. The van der Waals surface area contributed by atoms with Gasteiger partial charge in [-0.05, 0) is 38.5 Å². The Morgan fingerprint density at radius 1 is 0.804 bits per heavy atom. The zero-order valence-corrected chi connectivity index (χ0v) is 33.5. The van der Waals surface area contributed by atoms with Gasteiger partial charge in [-0.15, -0.1) is 0 Å². The highest BCUT2D eigenvalue weighted by atomic mass is 19.4. The summed E-state index contributed by atoms with van der Waals surface area (Å²) in [6.45, 7) is 20.7. The Labute approximate surface area is 329 Å². The number of alkyl halides is 3. The second kappa shape index (κ2) is 33.5. The molecule has 4 fully saturated rings. The molecule has 1 aliphatic carbocycles. The van der Waals surface area contributed by atoms with Crippen LogP contribution in [0.15, 0.2) is 49.4 Å². The van der Waals surface area contributed by atoms with E-state index in [4.69, 9.17) is 28.4 Å². The molecule has 0 radical (unpaired) electrons. The fraction of sp³-hybridized carbons (Fsp3) is 0.684. The van der Waals surface area contributed by atoms with Gasteiger partial charge in [0.2, 0.25) is 5.83 Å². The Bertz CT molecular complexity index is 1140. The third-order valence-electron chi connectivity index (χ3n) is 7.37. The first-order valence-corrected chi connectivity index (χ1v) is 16.8. The van der Waals surface area contributed by atoms with Gasteiger partial charge in [0.15, 0.2) is 0 Å². The molecule has 18 heteroatoms. The molecule has 3 saturated heterocycles. The van der Waals surface area contributed by atoms with Crippen molar-refractivity contribution in [1.82, 2.24) is 0 Å². The maximum atomic E-state index is 11.5. The van der Waals surface area contributed by atoms with Crippen molar-refractivity contribution < 1.29 is 84.1 Å². The maximum absolute atomic E-state index is 11.5. The summed E-state index contributed by atoms with van der Waals surface area (Å²) in [5.74, 6) is -3.50. The molecule has 1 saturated carbocycles. The molecule has 0 aromatic rings. The number of ether oxygens (including phenoxy) is 10. The highest BCUT2D eigenvalue weighted by Crippen LogP contribution is 2.39. The van der Waals surface area contributed by atoms with Gasteiger partial charge in [0.05, 0.1) is 73.7 Å². The van der Waals surface area contributed by atoms with Gasteiger partial charge in [-0.1, -0.05) is 40.7 Å². The first-order chi connectivity index (χ1) is 25.7. The number of halogens is 4. The summed E-state index contributed by atoms with van der Waals surface area (Å²) in [7, 11) is 9.80. The molecular weight excluding hydrogens is 756 g/mol. The Balaban J connectivity index is -0.000000284. The van der Waals surface area contributed by atoms with Crippen molar-refractivity contribution in [2.45, 2.75) is 71.4 Å². The Morgan fingerprint density at radius 2 is 1.32 bits per heavy atom. The smallest absolute Gasteiger partial charge is 0.422 e. The monoisotopic (exact) mass is 820 g/mol. The molecule has 4 rings (SSSR count). The number of methoxy groups -OCH3 is 7. The summed E-state index contributed by atoms with van der Waals surface area (Å²) >= 11 is 0. The van der Waals surface area contributed by atoms with E-state index in [0.717, 1.165) is 65.9 Å². The average Bonchev–Trinajstić information content (AvgIpc) is 4.09. The fourth-order valence-electron chi connectivity index (χ4n) is 3.92. The van der Waals surface area contributed by atoms with E-state index in [2.05, 4.69) is 52.2 Å². The standard InChI is InChI=1S/C8H14O2.C7H14O2.C5H5F3O2.C5H8O2.C4H5FO2.C4H8O2.C4H6O2.CH4/c1-9-5-6-2-3-7-8(4-6)10-7;1-3-7(4-8-2)5-9-6-7;1-3(4(9)10-2)5(6,7)8;1-4(2)5(6)7-3;1-3(5)4(6)7-2;1-5-2-4-3-6-4;1-3-4(5)6-2;/h6-8H,2-5H2,1H3;3-6H2,1-2H3;1H2,2H3;1H2,2-3H3;1H2,2H3;4H,2-3H2,1H3;3H,1H2,2H3;1H4. The van der Waals surface area contributed by atoms with E-state index in [-0.39, 0.29) is 13.4 Å². The van der Waals surface area contributed by atoms with Gasteiger partial charge in [-0.25, -0.2) is 19.2 Å². The molecule has 3 heterocycles. The number of rotatable bonds is 11. The van der Waals surface area contributed by atoms with E-state index < -0.39 is 35.5 Å². The topological polar surface area (TPSA) is 167 Å². The second-order valence-electron chi connectivity index (χ2n) is 11.9. The van der Waals surface area contributed by atoms with Gasteiger partial charge >= 0.3 is 30.1 Å². The van der Waals surface area contributed by atoms with Crippen molar-refractivity contribution in [3.8, 4) is 0 Å². The molecule has 0 aromatic heterocycles. The highest BCUT2D eigenvalue weighted by Gasteiger charge is 2.43. The molecule has 3 aliphatic heterocycles. The molecule has 0 amide bonds. The Morgan fingerprint density at radius 3 is 1.50 bits per heavy atom. The minimum atomic E-state index is -4.69. The summed E-state index contributed by atoms with van der Waals surface area (Å²) in [4.78, 5) is 40.0. The van der Waals surface area contributed by atoms with E-state index in [9.17, 15) is 36.7 Å². The van der Waals surface area contributed by atoms with Crippen molar-refractivity contribution in [2.75, 3.05) is 89.4 Å². The van der Waals surface area contributed by atoms with Crippen molar-refractivity contribution in [2.24, 2.45) is 11.3 Å². The molecule has 0 bridgehead atoms. The van der Waals surface area contributed by atoms with E-state index in [1.165, 1.54) is 39.9 Å². The van der Waals surface area contributed by atoms with Gasteiger partial charge < -0.3 is 47.4 Å². The predicted molar refractivity (Wildman–Crippen MR) is 200 cm³/mol. The van der Waals surface area contributed by atoms with Crippen molar-refractivity contribution >= 4 is 23.9 Å². The molecule has 56 heavy (non-hydrogen) atoms. The number of fused-ring (bicyclic) bond motifs is 1. The first kappa shape index (κ1) is 59.0. The highest BCUT2D eigenvalue weighted by molar-refractivity contribution is 5.89. The Kier molecular flexibility index (Phi) is 35.3. The lowest BCUT2D eigenvalue weighted by Crippen LogP contribution is -2.45. The van der Waals surface area contributed by atoms with Crippen LogP contribution in [0, 0.1) is 11.3 Å². The number of hydrogen-bond donors (Lipinski definition) is 0. The lowest BCUT2D eigenvalue weighted by atomic mass is 9.84. The van der Waals surface area contributed by atoms with Crippen LogP contribution < -0.4 is 0 Å². The van der Waals surface area contributed by atoms with E-state index in [1.54, 1.807) is 28.3 Å². The largest absolute Gasteiger partial charge is 0.466 e. The van der Waals surface area contributed by atoms with Crippen LogP contribution in [0.2, 0.25) is 0 Å². The van der Waals surface area contributed by atoms with Gasteiger partial charge in [0.25, 0.3) is 0 Å². The third-order valence-corrected chi connectivity index (χ3v) is 7.37. The number of esters is 4. The van der Waals surface area contributed by atoms with Gasteiger partial charge in [0.1, 0.15) is 11.7 Å². The maximum Gasteiger partial charge on any atom is 0.422 e. The van der Waals surface area contributed by atoms with Crippen molar-refractivity contribution in [3.63, 3.8) is 0 Å². The van der Waals surface area contributed by atoms with Crippen LogP contribution in [-0.4, -0.2) is 138 Å². The molecule has 328 valence electrons. The van der Waals surface area contributed by atoms with E-state index >= 15 is 0 Å². The number of carbonyl (C=O) groups is 4. The van der Waals surface area contributed by atoms with Crippen LogP contribution in [-0.2, 0) is 66.5 Å². The molecule has 0 spiro atoms. The Hall–Kier alpha value is -3.68. The van der Waals surface area contributed by atoms with Gasteiger partial charge in [-0.2, -0.15) is 17.6 Å². The SMILES string of the molecule is C.C=C(C(=O)OC)C(F)(F)F.C=C(C)C(=O)OC.C=C(F)C(=O)OC.C=CC(=O)OC.CCC1(COC)COC1.COCC1CCC2OC2C1.COCC1CO1. The summed E-state index contributed by atoms with van der Waals surface area (Å²) in [6.07, 6.45) is 3.05. The zero-order valence-electron chi connectivity index (χ0n) is 33.5. The molecule has 4 atom stereocenters. The third kappa shape index (κ3) is 30.5.